The lowest BCUT2D eigenvalue weighted by Gasteiger charge is -2.29. The average Bonchev–Trinajstić information content (AvgIpc) is 2.50. The summed E-state index contributed by atoms with van der Waals surface area (Å²) in [6.07, 6.45) is 0. The molecule has 1 aliphatic rings. The Morgan fingerprint density at radius 1 is 1.19 bits per heavy atom. The zero-order chi connectivity index (χ0) is 14.8. The van der Waals surface area contributed by atoms with E-state index in [0.717, 1.165) is 11.1 Å². The van der Waals surface area contributed by atoms with Crippen LogP contribution in [0.2, 0.25) is 0 Å². The van der Waals surface area contributed by atoms with E-state index in [-0.39, 0.29) is 18.3 Å². The normalized spacial score (nSPS) is 13.8. The van der Waals surface area contributed by atoms with Crippen LogP contribution in [0, 0.1) is 5.82 Å². The molecule has 0 saturated carbocycles. The highest BCUT2D eigenvalue weighted by atomic mass is 19.1. The zero-order valence-electron chi connectivity index (χ0n) is 11.4. The number of benzene rings is 2. The maximum Gasteiger partial charge on any atom is 0.265 e. The van der Waals surface area contributed by atoms with E-state index in [1.165, 1.54) is 12.1 Å². The van der Waals surface area contributed by atoms with Crippen LogP contribution in [-0.2, 0) is 17.9 Å². The minimum absolute atomic E-state index is 0.0175. The van der Waals surface area contributed by atoms with E-state index in [1.807, 2.05) is 18.2 Å². The van der Waals surface area contributed by atoms with Crippen molar-refractivity contribution in [2.24, 2.45) is 5.73 Å². The monoisotopic (exact) mass is 286 g/mol. The average molecular weight is 286 g/mol. The fourth-order valence-corrected chi connectivity index (χ4v) is 2.37. The number of nitrogens with two attached hydrogens (primary N) is 1. The van der Waals surface area contributed by atoms with Gasteiger partial charge in [-0.05, 0) is 35.4 Å². The molecule has 1 heterocycles. The van der Waals surface area contributed by atoms with Crippen LogP contribution in [0.4, 0.5) is 10.1 Å². The van der Waals surface area contributed by atoms with Crippen LogP contribution < -0.4 is 15.4 Å². The van der Waals surface area contributed by atoms with E-state index in [9.17, 15) is 9.18 Å². The largest absolute Gasteiger partial charge is 0.482 e. The molecule has 0 fully saturated rings. The quantitative estimate of drug-likeness (QED) is 0.941. The summed E-state index contributed by atoms with van der Waals surface area (Å²) in [5.41, 5.74) is 7.97. The number of ether oxygens (including phenoxy) is 1. The standard InChI is InChI=1S/C16H15FN2O2/c17-13-3-1-2-12(6-13)9-19-14-5-4-11(8-18)7-15(14)21-10-16(19)20/h1-7H,8-10,18H2. The summed E-state index contributed by atoms with van der Waals surface area (Å²) < 4.78 is 18.7. The lowest BCUT2D eigenvalue weighted by Crippen LogP contribution is -2.38. The fraction of sp³-hybridized carbons (Fsp3) is 0.188. The van der Waals surface area contributed by atoms with E-state index in [0.29, 0.717) is 24.5 Å². The Hall–Kier alpha value is -2.40. The molecular formula is C16H15FN2O2. The third-order valence-electron chi connectivity index (χ3n) is 3.43. The fourth-order valence-electron chi connectivity index (χ4n) is 2.37. The van der Waals surface area contributed by atoms with Gasteiger partial charge in [0.25, 0.3) is 5.91 Å². The number of carbonyl (C=O) groups excluding carboxylic acids is 1. The molecule has 108 valence electrons. The molecule has 0 saturated heterocycles. The molecule has 21 heavy (non-hydrogen) atoms. The number of halogens is 1. The predicted molar refractivity (Wildman–Crippen MR) is 77.4 cm³/mol. The Morgan fingerprint density at radius 2 is 2.05 bits per heavy atom. The van der Waals surface area contributed by atoms with E-state index in [1.54, 1.807) is 17.0 Å². The molecule has 2 aromatic rings. The van der Waals surface area contributed by atoms with E-state index in [4.69, 9.17) is 10.5 Å². The van der Waals surface area contributed by atoms with Gasteiger partial charge in [-0.1, -0.05) is 18.2 Å². The van der Waals surface area contributed by atoms with Gasteiger partial charge >= 0.3 is 0 Å². The zero-order valence-corrected chi connectivity index (χ0v) is 11.4. The van der Waals surface area contributed by atoms with Crippen molar-refractivity contribution in [2.75, 3.05) is 11.5 Å². The van der Waals surface area contributed by atoms with E-state index in [2.05, 4.69) is 0 Å². The topological polar surface area (TPSA) is 55.6 Å². The highest BCUT2D eigenvalue weighted by Crippen LogP contribution is 2.33. The number of rotatable bonds is 3. The Bertz CT molecular complexity index is 688. The predicted octanol–water partition coefficient (Wildman–Crippen LogP) is 2.21. The lowest BCUT2D eigenvalue weighted by atomic mass is 10.1. The molecule has 1 aliphatic heterocycles. The molecule has 0 bridgehead atoms. The second-order valence-corrected chi connectivity index (χ2v) is 4.90. The molecule has 2 N–H and O–H groups in total. The number of amides is 1. The summed E-state index contributed by atoms with van der Waals surface area (Å²) in [7, 11) is 0. The second-order valence-electron chi connectivity index (χ2n) is 4.90. The summed E-state index contributed by atoms with van der Waals surface area (Å²) >= 11 is 0. The maximum atomic E-state index is 13.3. The first kappa shape index (κ1) is 13.6. The number of nitrogens with zero attached hydrogens (tertiary/aromatic N) is 1. The smallest absolute Gasteiger partial charge is 0.265 e. The molecule has 0 atom stereocenters. The van der Waals surface area contributed by atoms with Gasteiger partial charge < -0.3 is 15.4 Å². The van der Waals surface area contributed by atoms with E-state index < -0.39 is 0 Å². The van der Waals surface area contributed by atoms with Crippen molar-refractivity contribution in [1.82, 2.24) is 0 Å². The molecule has 0 aliphatic carbocycles. The molecular weight excluding hydrogens is 271 g/mol. The van der Waals surface area contributed by atoms with Gasteiger partial charge in [-0.15, -0.1) is 0 Å². The van der Waals surface area contributed by atoms with Crippen LogP contribution in [-0.4, -0.2) is 12.5 Å². The first-order valence-corrected chi connectivity index (χ1v) is 6.68. The third kappa shape index (κ3) is 2.73. The summed E-state index contributed by atoms with van der Waals surface area (Å²) in [6, 6.07) is 11.7. The van der Waals surface area contributed by atoms with Crippen LogP contribution in [0.3, 0.4) is 0 Å². The summed E-state index contributed by atoms with van der Waals surface area (Å²) in [5.74, 6) is 0.174. The number of hydrogen-bond donors (Lipinski definition) is 1. The molecule has 1 amide bonds. The van der Waals surface area contributed by atoms with Crippen molar-refractivity contribution in [3.8, 4) is 5.75 Å². The molecule has 0 spiro atoms. The number of hydrogen-bond acceptors (Lipinski definition) is 3. The van der Waals surface area contributed by atoms with Crippen molar-refractivity contribution in [1.29, 1.82) is 0 Å². The molecule has 5 heteroatoms. The SMILES string of the molecule is NCc1ccc2c(c1)OCC(=O)N2Cc1cccc(F)c1. The van der Waals surface area contributed by atoms with Crippen molar-refractivity contribution in [3.05, 3.63) is 59.4 Å². The second kappa shape index (κ2) is 5.54. The van der Waals surface area contributed by atoms with Crippen molar-refractivity contribution in [3.63, 3.8) is 0 Å². The molecule has 0 unspecified atom stereocenters. The van der Waals surface area contributed by atoms with Crippen LogP contribution in [0.1, 0.15) is 11.1 Å². The molecule has 0 aromatic heterocycles. The third-order valence-corrected chi connectivity index (χ3v) is 3.43. The number of anilines is 1. The first-order chi connectivity index (χ1) is 10.2. The van der Waals surface area contributed by atoms with Gasteiger partial charge in [0.1, 0.15) is 11.6 Å². The first-order valence-electron chi connectivity index (χ1n) is 6.68. The van der Waals surface area contributed by atoms with Crippen molar-refractivity contribution in [2.45, 2.75) is 13.1 Å². The Labute approximate surface area is 121 Å². The Balaban J connectivity index is 1.93. The Morgan fingerprint density at radius 3 is 2.81 bits per heavy atom. The van der Waals surface area contributed by atoms with E-state index >= 15 is 0 Å². The van der Waals surface area contributed by atoms with Gasteiger partial charge in [0.15, 0.2) is 6.61 Å². The molecule has 0 radical (unpaired) electrons. The van der Waals surface area contributed by atoms with Gasteiger partial charge in [-0.3, -0.25) is 4.79 Å². The van der Waals surface area contributed by atoms with Gasteiger partial charge in [0.05, 0.1) is 12.2 Å². The molecule has 4 nitrogen and oxygen atoms in total. The Kier molecular flexibility index (Phi) is 3.58. The highest BCUT2D eigenvalue weighted by Gasteiger charge is 2.25. The minimum atomic E-state index is -0.313. The summed E-state index contributed by atoms with van der Waals surface area (Å²) in [6.45, 7) is 0.708. The number of carbonyl (C=O) groups is 1. The van der Waals surface area contributed by atoms with Gasteiger partial charge in [-0.25, -0.2) is 4.39 Å². The minimum Gasteiger partial charge on any atom is -0.482 e. The number of fused-ring (bicyclic) bond motifs is 1. The maximum absolute atomic E-state index is 13.3. The summed E-state index contributed by atoms with van der Waals surface area (Å²) in [5, 5.41) is 0. The lowest BCUT2D eigenvalue weighted by molar-refractivity contribution is -0.121. The molecule has 2 aromatic carbocycles. The van der Waals surface area contributed by atoms with Crippen LogP contribution in [0.15, 0.2) is 42.5 Å². The van der Waals surface area contributed by atoms with Crippen molar-refractivity contribution >= 4 is 11.6 Å². The molecule has 3 rings (SSSR count). The summed E-state index contributed by atoms with van der Waals surface area (Å²) in [4.78, 5) is 13.7. The van der Waals surface area contributed by atoms with Gasteiger partial charge in [0, 0.05) is 6.54 Å². The highest BCUT2D eigenvalue weighted by molar-refractivity contribution is 5.97. The van der Waals surface area contributed by atoms with Gasteiger partial charge in [0.2, 0.25) is 0 Å². The van der Waals surface area contributed by atoms with Crippen LogP contribution in [0.25, 0.3) is 0 Å². The van der Waals surface area contributed by atoms with Crippen molar-refractivity contribution < 1.29 is 13.9 Å². The van der Waals surface area contributed by atoms with Gasteiger partial charge in [-0.2, -0.15) is 0 Å². The van der Waals surface area contributed by atoms with Crippen LogP contribution in [0.5, 0.6) is 5.75 Å². The van der Waals surface area contributed by atoms with Crippen LogP contribution >= 0.6 is 0 Å².